The van der Waals surface area contributed by atoms with Gasteiger partial charge in [0.05, 0.1) is 22.9 Å². The molecular formula is C17H20N2O2S2. The number of hydrogen-bond acceptors (Lipinski definition) is 5. The highest BCUT2D eigenvalue weighted by atomic mass is 32.2. The second-order valence-corrected chi connectivity index (χ2v) is 7.48. The van der Waals surface area contributed by atoms with Crippen LogP contribution in [0.2, 0.25) is 0 Å². The summed E-state index contributed by atoms with van der Waals surface area (Å²) < 4.78 is 0. The van der Waals surface area contributed by atoms with Crippen LogP contribution < -0.4 is 5.32 Å². The van der Waals surface area contributed by atoms with Crippen LogP contribution in [0.3, 0.4) is 0 Å². The van der Waals surface area contributed by atoms with Crippen molar-refractivity contribution < 1.29 is 9.90 Å². The number of thioether (sulfide) groups is 1. The molecule has 1 heterocycles. The number of amides is 1. The van der Waals surface area contributed by atoms with E-state index < -0.39 is 0 Å². The fraction of sp³-hybridized carbons (Fsp3) is 0.412. The van der Waals surface area contributed by atoms with Crippen LogP contribution in [0.15, 0.2) is 40.1 Å². The fourth-order valence-corrected chi connectivity index (χ4v) is 4.34. The van der Waals surface area contributed by atoms with Gasteiger partial charge in [0.2, 0.25) is 0 Å². The molecule has 0 radical (unpaired) electrons. The molecule has 1 aromatic heterocycles. The number of carbonyl (C=O) groups is 1. The highest BCUT2D eigenvalue weighted by Gasteiger charge is 2.22. The van der Waals surface area contributed by atoms with E-state index in [1.54, 1.807) is 23.1 Å². The van der Waals surface area contributed by atoms with E-state index in [1.165, 1.54) is 0 Å². The molecule has 0 aliphatic heterocycles. The molecule has 1 saturated carbocycles. The largest absolute Gasteiger partial charge is 0.393 e. The molecular weight excluding hydrogens is 328 g/mol. The molecule has 3 rings (SSSR count). The van der Waals surface area contributed by atoms with Crippen molar-refractivity contribution in [2.45, 2.75) is 48.5 Å². The van der Waals surface area contributed by atoms with E-state index in [-0.39, 0.29) is 18.1 Å². The number of nitrogens with zero attached hydrogens (tertiary/aromatic N) is 1. The number of benzene rings is 1. The molecule has 0 spiro atoms. The lowest BCUT2D eigenvalue weighted by molar-refractivity contribution is 0.0865. The van der Waals surface area contributed by atoms with Gasteiger partial charge in [0, 0.05) is 22.1 Å². The maximum Gasteiger partial charge on any atom is 0.252 e. The summed E-state index contributed by atoms with van der Waals surface area (Å²) in [5.41, 5.74) is 3.58. The van der Waals surface area contributed by atoms with E-state index in [1.807, 2.05) is 35.2 Å². The maximum atomic E-state index is 12.6. The molecule has 0 bridgehead atoms. The number of aromatic nitrogens is 1. The number of aliphatic hydroxyl groups is 1. The molecule has 6 heteroatoms. The third kappa shape index (κ3) is 4.56. The molecule has 2 N–H and O–H groups in total. The Balaban J connectivity index is 1.63. The Hall–Kier alpha value is -1.37. The van der Waals surface area contributed by atoms with Crippen molar-refractivity contribution in [2.24, 2.45) is 0 Å². The van der Waals surface area contributed by atoms with Gasteiger partial charge in [0.15, 0.2) is 0 Å². The molecule has 1 fully saturated rings. The second-order valence-electron chi connectivity index (χ2n) is 5.74. The van der Waals surface area contributed by atoms with Crippen LogP contribution in [-0.2, 0) is 5.75 Å². The van der Waals surface area contributed by atoms with Gasteiger partial charge in [-0.1, -0.05) is 12.1 Å². The quantitative estimate of drug-likeness (QED) is 0.812. The van der Waals surface area contributed by atoms with Crippen molar-refractivity contribution in [3.63, 3.8) is 0 Å². The summed E-state index contributed by atoms with van der Waals surface area (Å²) in [6.45, 7) is 0. The van der Waals surface area contributed by atoms with Crippen LogP contribution in [0.5, 0.6) is 0 Å². The Kier molecular flexibility index (Phi) is 5.70. The summed E-state index contributed by atoms with van der Waals surface area (Å²) in [6.07, 6.45) is 3.03. The third-order valence-corrected chi connectivity index (χ3v) is 5.77. The van der Waals surface area contributed by atoms with Crippen molar-refractivity contribution in [1.82, 2.24) is 10.3 Å². The lowest BCUT2D eigenvalue weighted by Gasteiger charge is -2.26. The maximum absolute atomic E-state index is 12.6. The van der Waals surface area contributed by atoms with Gasteiger partial charge in [0.1, 0.15) is 0 Å². The first kappa shape index (κ1) is 16.5. The van der Waals surface area contributed by atoms with Gasteiger partial charge in [0.25, 0.3) is 5.91 Å². The van der Waals surface area contributed by atoms with E-state index in [0.29, 0.717) is 0 Å². The number of carbonyl (C=O) groups excluding carboxylic acids is 1. The molecule has 0 unspecified atom stereocenters. The summed E-state index contributed by atoms with van der Waals surface area (Å²) in [5, 5.41) is 14.7. The summed E-state index contributed by atoms with van der Waals surface area (Å²) in [5.74, 6) is 0.747. The summed E-state index contributed by atoms with van der Waals surface area (Å²) in [7, 11) is 0. The van der Waals surface area contributed by atoms with Crippen LogP contribution in [0.25, 0.3) is 0 Å². The Morgan fingerprint density at radius 1 is 1.30 bits per heavy atom. The lowest BCUT2D eigenvalue weighted by Crippen LogP contribution is -2.38. The first-order chi connectivity index (χ1) is 11.2. The minimum absolute atomic E-state index is 0.0206. The molecule has 1 aromatic carbocycles. The summed E-state index contributed by atoms with van der Waals surface area (Å²) >= 11 is 3.22. The standard InChI is InChI=1S/C17H20N2O2S2/c20-14-7-5-12(6-8-14)19-17(21)15-3-1-2-4-16(15)23-10-13-9-22-11-18-13/h1-4,9,11-12,14,20H,5-8,10H2,(H,19,21). The van der Waals surface area contributed by atoms with Gasteiger partial charge >= 0.3 is 0 Å². The Morgan fingerprint density at radius 2 is 2.09 bits per heavy atom. The lowest BCUT2D eigenvalue weighted by atomic mass is 9.93. The molecule has 2 aromatic rings. The van der Waals surface area contributed by atoms with E-state index in [4.69, 9.17) is 0 Å². The first-order valence-corrected chi connectivity index (χ1v) is 9.73. The normalized spacial score (nSPS) is 21.1. The molecule has 0 atom stereocenters. The van der Waals surface area contributed by atoms with Gasteiger partial charge in [-0.2, -0.15) is 0 Å². The Bertz CT molecular complexity index is 638. The number of thiazole rings is 1. The predicted molar refractivity (Wildman–Crippen MR) is 93.8 cm³/mol. The number of rotatable bonds is 5. The van der Waals surface area contributed by atoms with Crippen LogP contribution in [-0.4, -0.2) is 28.1 Å². The van der Waals surface area contributed by atoms with Gasteiger partial charge in [-0.25, -0.2) is 4.98 Å². The predicted octanol–water partition coefficient (Wildman–Crippen LogP) is 3.47. The average Bonchev–Trinajstić information content (AvgIpc) is 3.09. The zero-order valence-electron chi connectivity index (χ0n) is 12.8. The number of hydrogen-bond donors (Lipinski definition) is 2. The van der Waals surface area contributed by atoms with E-state index in [9.17, 15) is 9.90 Å². The average molecular weight is 348 g/mol. The first-order valence-electron chi connectivity index (χ1n) is 7.80. The van der Waals surface area contributed by atoms with Crippen molar-refractivity contribution in [2.75, 3.05) is 0 Å². The smallest absolute Gasteiger partial charge is 0.252 e. The SMILES string of the molecule is O=C(NC1CCC(O)CC1)c1ccccc1SCc1cscn1. The minimum Gasteiger partial charge on any atom is -0.393 e. The summed E-state index contributed by atoms with van der Waals surface area (Å²) in [4.78, 5) is 17.8. The third-order valence-electron chi connectivity index (χ3n) is 4.02. The van der Waals surface area contributed by atoms with E-state index in [2.05, 4.69) is 10.3 Å². The molecule has 4 nitrogen and oxygen atoms in total. The van der Waals surface area contributed by atoms with Crippen LogP contribution in [0, 0.1) is 0 Å². The van der Waals surface area contributed by atoms with Crippen molar-refractivity contribution in [3.8, 4) is 0 Å². The summed E-state index contributed by atoms with van der Waals surface area (Å²) in [6, 6.07) is 7.87. The Morgan fingerprint density at radius 3 is 2.83 bits per heavy atom. The molecule has 23 heavy (non-hydrogen) atoms. The topological polar surface area (TPSA) is 62.2 Å². The van der Waals surface area contributed by atoms with Crippen LogP contribution >= 0.6 is 23.1 Å². The van der Waals surface area contributed by atoms with Gasteiger partial charge < -0.3 is 10.4 Å². The highest BCUT2D eigenvalue weighted by molar-refractivity contribution is 7.98. The molecule has 1 aliphatic rings. The molecule has 0 saturated heterocycles. The van der Waals surface area contributed by atoms with Crippen molar-refractivity contribution >= 4 is 29.0 Å². The molecule has 1 aliphatic carbocycles. The zero-order valence-corrected chi connectivity index (χ0v) is 14.4. The van der Waals surface area contributed by atoms with E-state index >= 15 is 0 Å². The van der Waals surface area contributed by atoms with Gasteiger partial charge in [-0.3, -0.25) is 4.79 Å². The van der Waals surface area contributed by atoms with E-state index in [0.717, 1.165) is 47.6 Å². The highest BCUT2D eigenvalue weighted by Crippen LogP contribution is 2.27. The van der Waals surface area contributed by atoms with Gasteiger partial charge in [-0.15, -0.1) is 23.1 Å². The van der Waals surface area contributed by atoms with Crippen LogP contribution in [0.1, 0.15) is 41.7 Å². The van der Waals surface area contributed by atoms with Crippen molar-refractivity contribution in [3.05, 3.63) is 46.4 Å². The number of aliphatic hydroxyl groups excluding tert-OH is 1. The molecule has 1 amide bonds. The second kappa shape index (κ2) is 7.95. The molecule has 122 valence electrons. The fourth-order valence-electron chi connectivity index (χ4n) is 2.72. The number of nitrogens with one attached hydrogen (secondary N) is 1. The Labute approximate surface area is 144 Å². The van der Waals surface area contributed by atoms with Crippen molar-refractivity contribution in [1.29, 1.82) is 0 Å². The van der Waals surface area contributed by atoms with Gasteiger partial charge in [-0.05, 0) is 37.8 Å². The van der Waals surface area contributed by atoms with Crippen LogP contribution in [0.4, 0.5) is 0 Å². The minimum atomic E-state index is -0.205. The zero-order chi connectivity index (χ0) is 16.1. The monoisotopic (exact) mass is 348 g/mol.